The number of ether oxygens (including phenoxy) is 1. The monoisotopic (exact) mass is 714 g/mol. The van der Waals surface area contributed by atoms with Crippen LogP contribution in [0.5, 0.6) is 5.75 Å². The summed E-state index contributed by atoms with van der Waals surface area (Å²) in [6.45, 7) is 26.8. The highest BCUT2D eigenvalue weighted by molar-refractivity contribution is 9.28. The minimum atomic E-state index is -1.90. The van der Waals surface area contributed by atoms with E-state index in [1.807, 2.05) is 6.08 Å². The molecule has 2 rings (SSSR count). The van der Waals surface area contributed by atoms with Gasteiger partial charge in [-0.2, -0.15) is 0 Å². The third kappa shape index (κ3) is 10.4. The summed E-state index contributed by atoms with van der Waals surface area (Å²) >= 11 is 8.65. The molecule has 0 saturated heterocycles. The molecule has 0 saturated carbocycles. The average Bonchev–Trinajstić information content (AvgIpc) is 3.28. The van der Waals surface area contributed by atoms with Crippen LogP contribution >= 0.6 is 43.2 Å². The van der Waals surface area contributed by atoms with Crippen LogP contribution in [0.3, 0.4) is 0 Å². The lowest BCUT2D eigenvalue weighted by molar-refractivity contribution is 0.255. The summed E-state index contributed by atoms with van der Waals surface area (Å²) in [6, 6.07) is 10.7. The zero-order valence-electron chi connectivity index (χ0n) is 25.8. The Balaban J connectivity index is 2.24. The summed E-state index contributed by atoms with van der Waals surface area (Å²) in [6.07, 6.45) is 5.15. The molecule has 0 radical (unpaired) electrons. The summed E-state index contributed by atoms with van der Waals surface area (Å²) in [5.74, 6) is 0.868. The second-order valence-corrected chi connectivity index (χ2v) is 26.6. The van der Waals surface area contributed by atoms with E-state index in [2.05, 4.69) is 143 Å². The van der Waals surface area contributed by atoms with Crippen molar-refractivity contribution in [1.82, 2.24) is 0 Å². The van der Waals surface area contributed by atoms with Crippen LogP contribution in [-0.2, 0) is 28.7 Å². The van der Waals surface area contributed by atoms with E-state index < -0.39 is 16.6 Å². The predicted octanol–water partition coefficient (Wildman–Crippen LogP) is 11.8. The maximum Gasteiger partial charge on any atom is 0.192 e. The summed E-state index contributed by atoms with van der Waals surface area (Å²) in [5.41, 5.74) is 3.65. The highest BCUT2D eigenvalue weighted by Crippen LogP contribution is 2.39. The fourth-order valence-electron chi connectivity index (χ4n) is 3.24. The van der Waals surface area contributed by atoms with E-state index in [1.165, 1.54) is 20.9 Å². The quantitative estimate of drug-likeness (QED) is 0.162. The molecule has 0 bridgehead atoms. The third-order valence-electron chi connectivity index (χ3n) is 8.12. The Hall–Kier alpha value is -0.486. The van der Waals surface area contributed by atoms with E-state index in [1.54, 1.807) is 11.3 Å². The molecule has 8 heteroatoms. The summed E-state index contributed by atoms with van der Waals surface area (Å²) in [4.78, 5) is 2.48. The second-order valence-electron chi connectivity index (χ2n) is 13.1. The maximum absolute atomic E-state index is 6.64. The number of benzene rings is 1. The van der Waals surface area contributed by atoms with Crippen molar-refractivity contribution in [2.75, 3.05) is 0 Å². The SMILES string of the molecule is CCC(=CC=C(Br)Br)c1ccc(COc2ccc(CO[Si](C)(C)C(C)(C)C)c(CO[Si](C)(C)C(C)(C)C)c2)s1. The number of hydrogen-bond donors (Lipinski definition) is 0. The van der Waals surface area contributed by atoms with Crippen LogP contribution in [0.15, 0.2) is 45.9 Å². The van der Waals surface area contributed by atoms with Gasteiger partial charge in [-0.15, -0.1) is 11.3 Å². The number of thiophene rings is 1. The van der Waals surface area contributed by atoms with Gasteiger partial charge < -0.3 is 13.6 Å². The largest absolute Gasteiger partial charge is 0.488 e. The molecule has 2 aromatic rings. The highest BCUT2D eigenvalue weighted by atomic mass is 79.9. The molecular weight excluding hydrogens is 668 g/mol. The Labute approximate surface area is 260 Å². The molecule has 0 unspecified atom stereocenters. The fourth-order valence-corrected chi connectivity index (χ4v) is 6.42. The van der Waals surface area contributed by atoms with Crippen molar-refractivity contribution < 1.29 is 13.6 Å². The van der Waals surface area contributed by atoms with Crippen LogP contribution in [0, 0.1) is 0 Å². The van der Waals surface area contributed by atoms with Crippen molar-refractivity contribution in [1.29, 1.82) is 0 Å². The second kappa shape index (κ2) is 14.1. The van der Waals surface area contributed by atoms with Crippen LogP contribution in [0.2, 0.25) is 36.3 Å². The van der Waals surface area contributed by atoms with Crippen molar-refractivity contribution in [3.63, 3.8) is 0 Å². The van der Waals surface area contributed by atoms with Crippen LogP contribution in [0.1, 0.15) is 75.8 Å². The molecular formula is C31H48Br2O3SSi2. The number of halogens is 2. The standard InChI is InChI=1S/C31H48Br2O3SSi2/c1-12-23(14-18-29(32)33)28-17-16-27(37-28)22-34-26-15-13-24(20-35-38(8,9)30(2,3)4)25(19-26)21-36-39(10,11)31(5,6)7/h13-19H,12,20-22H2,1-11H3. The molecule has 1 aromatic carbocycles. The number of allylic oxidation sites excluding steroid dienone is 3. The van der Waals surface area contributed by atoms with Crippen molar-refractivity contribution in [3.8, 4) is 5.75 Å². The van der Waals surface area contributed by atoms with Crippen LogP contribution in [0.4, 0.5) is 0 Å². The van der Waals surface area contributed by atoms with Gasteiger partial charge in [-0.25, -0.2) is 0 Å². The van der Waals surface area contributed by atoms with Gasteiger partial charge in [0, 0.05) is 9.75 Å². The van der Waals surface area contributed by atoms with Gasteiger partial charge in [-0.3, -0.25) is 0 Å². The first-order valence-corrected chi connectivity index (χ1v) is 21.9. The Bertz CT molecular complexity index is 1150. The first-order valence-electron chi connectivity index (χ1n) is 13.7. The van der Waals surface area contributed by atoms with Crippen molar-refractivity contribution in [2.24, 2.45) is 0 Å². The lowest BCUT2D eigenvalue weighted by atomic mass is 10.1. The zero-order valence-corrected chi connectivity index (χ0v) is 31.7. The fraction of sp³-hybridized carbons (Fsp3) is 0.548. The average molecular weight is 717 g/mol. The van der Waals surface area contributed by atoms with Gasteiger partial charge in [0.05, 0.1) is 16.6 Å². The topological polar surface area (TPSA) is 27.7 Å². The Morgan fingerprint density at radius 1 is 0.795 bits per heavy atom. The molecule has 1 heterocycles. The summed E-state index contributed by atoms with van der Waals surface area (Å²) in [7, 11) is -3.77. The zero-order chi connectivity index (χ0) is 29.6. The first kappa shape index (κ1) is 34.7. The smallest absolute Gasteiger partial charge is 0.192 e. The molecule has 0 aliphatic carbocycles. The van der Waals surface area contributed by atoms with Crippen LogP contribution in [-0.4, -0.2) is 16.6 Å². The van der Waals surface area contributed by atoms with E-state index in [4.69, 9.17) is 13.6 Å². The molecule has 0 spiro atoms. The molecule has 218 valence electrons. The molecule has 0 aliphatic heterocycles. The number of hydrogen-bond acceptors (Lipinski definition) is 4. The van der Waals surface area contributed by atoms with Gasteiger partial charge in [-0.05, 0) is 122 Å². The molecule has 0 amide bonds. The molecule has 0 fully saturated rings. The van der Waals surface area contributed by atoms with E-state index >= 15 is 0 Å². The van der Waals surface area contributed by atoms with Gasteiger partial charge >= 0.3 is 0 Å². The van der Waals surface area contributed by atoms with Gasteiger partial charge in [-0.1, -0.05) is 60.6 Å². The van der Waals surface area contributed by atoms with E-state index in [-0.39, 0.29) is 10.1 Å². The third-order valence-corrected chi connectivity index (χ3v) is 18.7. The van der Waals surface area contributed by atoms with Crippen molar-refractivity contribution >= 4 is 65.4 Å². The van der Waals surface area contributed by atoms with Gasteiger partial charge in [0.1, 0.15) is 12.4 Å². The molecule has 39 heavy (non-hydrogen) atoms. The summed E-state index contributed by atoms with van der Waals surface area (Å²) < 4.78 is 20.5. The van der Waals surface area contributed by atoms with Gasteiger partial charge in [0.25, 0.3) is 0 Å². The van der Waals surface area contributed by atoms with E-state index in [0.717, 1.165) is 21.1 Å². The minimum Gasteiger partial charge on any atom is -0.488 e. The minimum absolute atomic E-state index is 0.155. The van der Waals surface area contributed by atoms with E-state index in [0.29, 0.717) is 19.8 Å². The molecule has 0 aliphatic rings. The maximum atomic E-state index is 6.64. The highest BCUT2D eigenvalue weighted by Gasteiger charge is 2.38. The van der Waals surface area contributed by atoms with Crippen molar-refractivity contribution in [2.45, 2.75) is 111 Å². The predicted molar refractivity (Wildman–Crippen MR) is 183 cm³/mol. The Morgan fingerprint density at radius 3 is 1.87 bits per heavy atom. The molecule has 0 N–H and O–H groups in total. The van der Waals surface area contributed by atoms with Crippen molar-refractivity contribution in [3.05, 3.63) is 66.8 Å². The lowest BCUT2D eigenvalue weighted by Gasteiger charge is -2.37. The first-order chi connectivity index (χ1) is 17.9. The van der Waals surface area contributed by atoms with Gasteiger partial charge in [0.2, 0.25) is 0 Å². The van der Waals surface area contributed by atoms with Crippen LogP contribution in [0.25, 0.3) is 5.57 Å². The van der Waals surface area contributed by atoms with Crippen LogP contribution < -0.4 is 4.74 Å². The summed E-state index contributed by atoms with van der Waals surface area (Å²) in [5, 5.41) is 0.323. The lowest BCUT2D eigenvalue weighted by Crippen LogP contribution is -2.41. The Kier molecular flexibility index (Phi) is 12.6. The normalized spacial score (nSPS) is 13.5. The molecule has 0 atom stereocenters. The number of rotatable bonds is 12. The van der Waals surface area contributed by atoms with Gasteiger partial charge in [0.15, 0.2) is 16.6 Å². The Morgan fingerprint density at radius 2 is 1.36 bits per heavy atom. The molecule has 3 nitrogen and oxygen atoms in total. The molecule has 1 aromatic heterocycles. The van der Waals surface area contributed by atoms with E-state index in [9.17, 15) is 0 Å².